The largest absolute Gasteiger partial charge is 0.345 e. The predicted molar refractivity (Wildman–Crippen MR) is 66.8 cm³/mol. The summed E-state index contributed by atoms with van der Waals surface area (Å²) in [5, 5.41) is 0. The van der Waals surface area contributed by atoms with Gasteiger partial charge in [-0.15, -0.1) is 0 Å². The highest BCUT2D eigenvalue weighted by molar-refractivity contribution is 5.22. The van der Waals surface area contributed by atoms with Crippen molar-refractivity contribution in [1.29, 1.82) is 0 Å². The zero-order chi connectivity index (χ0) is 11.4. The Labute approximate surface area is 102 Å². The molecular formula is C14H21N3. The van der Waals surface area contributed by atoms with Gasteiger partial charge < -0.3 is 10.7 Å². The molecule has 0 spiro atoms. The van der Waals surface area contributed by atoms with E-state index in [4.69, 9.17) is 10.7 Å². The second-order valence-corrected chi connectivity index (χ2v) is 6.33. The summed E-state index contributed by atoms with van der Waals surface area (Å²) < 4.78 is 0. The van der Waals surface area contributed by atoms with E-state index in [0.29, 0.717) is 6.04 Å². The number of H-pyrrole nitrogens is 1. The van der Waals surface area contributed by atoms with E-state index in [1.165, 1.54) is 42.9 Å². The van der Waals surface area contributed by atoms with Crippen molar-refractivity contribution in [2.75, 3.05) is 0 Å². The molecule has 3 N–H and O–H groups in total. The summed E-state index contributed by atoms with van der Waals surface area (Å²) in [4.78, 5) is 8.47. The number of hydrogen-bond donors (Lipinski definition) is 2. The minimum absolute atomic E-state index is 0.343. The van der Waals surface area contributed by atoms with Crippen LogP contribution in [0.25, 0.3) is 0 Å². The molecule has 0 radical (unpaired) electrons. The minimum Gasteiger partial charge on any atom is -0.345 e. The SMILES string of the molecule is NC1CCc2nc(C3CC4CCC3C4)[nH]c2C1. The molecular weight excluding hydrogens is 210 g/mol. The van der Waals surface area contributed by atoms with Crippen molar-refractivity contribution in [3.63, 3.8) is 0 Å². The number of fused-ring (bicyclic) bond motifs is 3. The Kier molecular flexibility index (Phi) is 2.13. The van der Waals surface area contributed by atoms with Gasteiger partial charge >= 0.3 is 0 Å². The first-order chi connectivity index (χ1) is 8.29. The van der Waals surface area contributed by atoms with E-state index >= 15 is 0 Å². The second kappa shape index (κ2) is 3.58. The maximum atomic E-state index is 6.03. The van der Waals surface area contributed by atoms with Crippen molar-refractivity contribution in [3.05, 3.63) is 17.2 Å². The van der Waals surface area contributed by atoms with Crippen molar-refractivity contribution in [2.45, 2.75) is 56.9 Å². The van der Waals surface area contributed by atoms with Crippen molar-refractivity contribution in [2.24, 2.45) is 17.6 Å². The fourth-order valence-electron chi connectivity index (χ4n) is 4.28. The first-order valence-electron chi connectivity index (χ1n) is 7.13. The van der Waals surface area contributed by atoms with Crippen molar-refractivity contribution in [1.82, 2.24) is 9.97 Å². The van der Waals surface area contributed by atoms with E-state index in [1.54, 1.807) is 0 Å². The lowest BCUT2D eigenvalue weighted by Gasteiger charge is -2.19. The summed E-state index contributed by atoms with van der Waals surface area (Å²) in [5.41, 5.74) is 8.67. The van der Waals surface area contributed by atoms with Crippen LogP contribution in [0.3, 0.4) is 0 Å². The third-order valence-corrected chi connectivity index (χ3v) is 5.19. The van der Waals surface area contributed by atoms with Gasteiger partial charge in [0.1, 0.15) is 5.82 Å². The number of nitrogens with zero attached hydrogens (tertiary/aromatic N) is 1. The lowest BCUT2D eigenvalue weighted by molar-refractivity contribution is 0.407. The molecule has 1 aromatic heterocycles. The monoisotopic (exact) mass is 231 g/mol. The van der Waals surface area contributed by atoms with Crippen LogP contribution in [0.1, 0.15) is 55.2 Å². The summed E-state index contributed by atoms with van der Waals surface area (Å²) in [6.45, 7) is 0. The molecule has 17 heavy (non-hydrogen) atoms. The molecule has 92 valence electrons. The third kappa shape index (κ3) is 1.55. The van der Waals surface area contributed by atoms with Crippen LogP contribution in [0.2, 0.25) is 0 Å². The zero-order valence-electron chi connectivity index (χ0n) is 10.3. The second-order valence-electron chi connectivity index (χ2n) is 6.33. The lowest BCUT2D eigenvalue weighted by Crippen LogP contribution is -2.27. The zero-order valence-corrected chi connectivity index (χ0v) is 10.3. The lowest BCUT2D eigenvalue weighted by atomic mass is 9.88. The average Bonchev–Trinajstić information content (AvgIpc) is 3.01. The van der Waals surface area contributed by atoms with Gasteiger partial charge in [-0.05, 0) is 43.9 Å². The Morgan fingerprint density at radius 2 is 2.12 bits per heavy atom. The number of rotatable bonds is 1. The Bertz CT molecular complexity index is 437. The fourth-order valence-corrected chi connectivity index (χ4v) is 4.28. The Balaban J connectivity index is 1.63. The van der Waals surface area contributed by atoms with E-state index in [2.05, 4.69) is 4.98 Å². The molecule has 0 aliphatic heterocycles. The smallest absolute Gasteiger partial charge is 0.109 e. The molecule has 3 aliphatic carbocycles. The van der Waals surface area contributed by atoms with Gasteiger partial charge in [-0.25, -0.2) is 4.98 Å². The standard InChI is InChI=1S/C14H21N3/c15-10-3-4-12-13(7-10)17-14(16-12)11-6-8-1-2-9(11)5-8/h8-11H,1-7,15H2,(H,16,17). The number of hydrogen-bond acceptors (Lipinski definition) is 2. The van der Waals surface area contributed by atoms with Gasteiger partial charge in [0, 0.05) is 24.1 Å². The van der Waals surface area contributed by atoms with Gasteiger partial charge in [0.25, 0.3) is 0 Å². The van der Waals surface area contributed by atoms with E-state index in [-0.39, 0.29) is 0 Å². The molecule has 4 atom stereocenters. The molecule has 3 heteroatoms. The molecule has 0 amide bonds. The summed E-state index contributed by atoms with van der Waals surface area (Å²) in [5.74, 6) is 3.93. The summed E-state index contributed by atoms with van der Waals surface area (Å²) in [6.07, 6.45) is 8.91. The van der Waals surface area contributed by atoms with Crippen LogP contribution in [0.4, 0.5) is 0 Å². The van der Waals surface area contributed by atoms with Gasteiger partial charge in [0.15, 0.2) is 0 Å². The van der Waals surface area contributed by atoms with Crippen LogP contribution in [0, 0.1) is 11.8 Å². The molecule has 0 aromatic carbocycles. The Morgan fingerprint density at radius 1 is 1.18 bits per heavy atom. The number of nitrogens with two attached hydrogens (primary N) is 1. The topological polar surface area (TPSA) is 54.7 Å². The molecule has 4 unspecified atom stereocenters. The molecule has 1 heterocycles. The molecule has 2 saturated carbocycles. The van der Waals surface area contributed by atoms with E-state index in [0.717, 1.165) is 37.0 Å². The molecule has 0 saturated heterocycles. The van der Waals surface area contributed by atoms with Crippen LogP contribution in [-0.2, 0) is 12.8 Å². The first-order valence-corrected chi connectivity index (χ1v) is 7.13. The number of aryl methyl sites for hydroxylation is 1. The normalized spacial score (nSPS) is 39.6. The third-order valence-electron chi connectivity index (χ3n) is 5.19. The van der Waals surface area contributed by atoms with Crippen LogP contribution < -0.4 is 5.73 Å². The summed E-state index contributed by atoms with van der Waals surface area (Å²) in [7, 11) is 0. The molecule has 2 fully saturated rings. The Morgan fingerprint density at radius 3 is 2.88 bits per heavy atom. The van der Waals surface area contributed by atoms with Crippen LogP contribution in [0.5, 0.6) is 0 Å². The van der Waals surface area contributed by atoms with Crippen molar-refractivity contribution >= 4 is 0 Å². The van der Waals surface area contributed by atoms with Gasteiger partial charge in [0.2, 0.25) is 0 Å². The van der Waals surface area contributed by atoms with E-state index in [9.17, 15) is 0 Å². The fraction of sp³-hybridized carbons (Fsp3) is 0.786. The molecule has 1 aromatic rings. The van der Waals surface area contributed by atoms with Gasteiger partial charge in [0.05, 0.1) is 5.69 Å². The number of nitrogens with one attached hydrogen (secondary N) is 1. The summed E-state index contributed by atoms with van der Waals surface area (Å²) >= 11 is 0. The predicted octanol–water partition coefficient (Wildman–Crippen LogP) is 2.13. The van der Waals surface area contributed by atoms with Crippen LogP contribution in [-0.4, -0.2) is 16.0 Å². The van der Waals surface area contributed by atoms with Gasteiger partial charge in [-0.1, -0.05) is 6.42 Å². The highest BCUT2D eigenvalue weighted by Gasteiger charge is 2.41. The molecule has 4 rings (SSSR count). The number of imidazole rings is 1. The first kappa shape index (κ1) is 10.1. The Hall–Kier alpha value is -0.830. The highest BCUT2D eigenvalue weighted by atomic mass is 15.0. The number of aromatic nitrogens is 2. The quantitative estimate of drug-likeness (QED) is 0.778. The van der Waals surface area contributed by atoms with Gasteiger partial charge in [-0.2, -0.15) is 0 Å². The van der Waals surface area contributed by atoms with E-state index < -0.39 is 0 Å². The van der Waals surface area contributed by atoms with E-state index in [1.807, 2.05) is 0 Å². The average molecular weight is 231 g/mol. The van der Waals surface area contributed by atoms with Gasteiger partial charge in [-0.3, -0.25) is 0 Å². The maximum Gasteiger partial charge on any atom is 0.109 e. The molecule has 3 nitrogen and oxygen atoms in total. The number of aromatic amines is 1. The summed E-state index contributed by atoms with van der Waals surface area (Å²) in [6, 6.07) is 0.343. The molecule has 2 bridgehead atoms. The van der Waals surface area contributed by atoms with Crippen LogP contribution >= 0.6 is 0 Å². The van der Waals surface area contributed by atoms with Crippen molar-refractivity contribution < 1.29 is 0 Å². The molecule has 3 aliphatic rings. The maximum absolute atomic E-state index is 6.03. The highest BCUT2D eigenvalue weighted by Crippen LogP contribution is 2.52. The van der Waals surface area contributed by atoms with Crippen molar-refractivity contribution in [3.8, 4) is 0 Å². The minimum atomic E-state index is 0.343. The van der Waals surface area contributed by atoms with Crippen LogP contribution in [0.15, 0.2) is 0 Å².